The van der Waals surface area contributed by atoms with Gasteiger partial charge in [-0.25, -0.2) is 0 Å². The van der Waals surface area contributed by atoms with Gasteiger partial charge in [-0.3, -0.25) is 4.99 Å². The van der Waals surface area contributed by atoms with E-state index in [9.17, 15) is 0 Å². The minimum Gasteiger partial charge on any atom is -0.399 e. The van der Waals surface area contributed by atoms with Crippen molar-refractivity contribution in [3.8, 4) is 0 Å². The smallest absolute Gasteiger partial charge is 0.399 e. The number of anilines is 1. The van der Waals surface area contributed by atoms with Gasteiger partial charge >= 0.3 is 7.12 Å². The highest BCUT2D eigenvalue weighted by molar-refractivity contribution is 6.62. The van der Waals surface area contributed by atoms with Crippen LogP contribution in [0, 0.1) is 6.92 Å². The Balaban J connectivity index is 2.28. The van der Waals surface area contributed by atoms with Crippen molar-refractivity contribution in [2.45, 2.75) is 78.7 Å². The highest BCUT2D eigenvalue weighted by atomic mass is 16.7. The predicted molar refractivity (Wildman–Crippen MR) is 103 cm³/mol. The van der Waals surface area contributed by atoms with Crippen molar-refractivity contribution in [3.63, 3.8) is 0 Å². The third-order valence-electron chi connectivity index (χ3n) is 4.92. The summed E-state index contributed by atoms with van der Waals surface area (Å²) in [5, 5.41) is 3.52. The summed E-state index contributed by atoms with van der Waals surface area (Å²) in [6, 6.07) is 6.19. The molecule has 0 bridgehead atoms. The molecule has 1 heterocycles. The molecule has 1 aromatic carbocycles. The molecular weight excluding hydrogens is 299 g/mol. The van der Waals surface area contributed by atoms with E-state index in [1.165, 1.54) is 0 Å². The molecule has 24 heavy (non-hydrogen) atoms. The molecule has 1 N–H and O–H groups in total. The Hall–Kier alpha value is -1.33. The lowest BCUT2D eigenvalue weighted by Crippen LogP contribution is -2.41. The maximum absolute atomic E-state index is 6.20. The molecule has 0 saturated carbocycles. The summed E-state index contributed by atoms with van der Waals surface area (Å²) in [6.07, 6.45) is 2.87. The molecule has 0 spiro atoms. The molecule has 0 radical (unpaired) electrons. The maximum atomic E-state index is 6.20. The summed E-state index contributed by atoms with van der Waals surface area (Å²) in [4.78, 5) is 4.59. The third-order valence-corrected chi connectivity index (χ3v) is 4.92. The molecule has 4 nitrogen and oxygen atoms in total. The fourth-order valence-corrected chi connectivity index (χ4v) is 2.70. The van der Waals surface area contributed by atoms with Crippen molar-refractivity contribution in [2.24, 2.45) is 4.99 Å². The molecule has 1 saturated heterocycles. The first-order valence-electron chi connectivity index (χ1n) is 8.76. The van der Waals surface area contributed by atoms with Crippen LogP contribution in [0.15, 0.2) is 23.2 Å². The van der Waals surface area contributed by atoms with Crippen LogP contribution in [0.3, 0.4) is 0 Å². The monoisotopic (exact) mass is 330 g/mol. The highest BCUT2D eigenvalue weighted by Crippen LogP contribution is 2.37. The summed E-state index contributed by atoms with van der Waals surface area (Å²) < 4.78 is 12.4. The van der Waals surface area contributed by atoms with Crippen LogP contribution in [-0.4, -0.2) is 30.2 Å². The summed E-state index contributed by atoms with van der Waals surface area (Å²) in [5.74, 6) is 0. The molecule has 5 heteroatoms. The van der Waals surface area contributed by atoms with Gasteiger partial charge < -0.3 is 14.6 Å². The zero-order valence-electron chi connectivity index (χ0n) is 16.4. The minimum atomic E-state index is -0.352. The van der Waals surface area contributed by atoms with Crippen LogP contribution in [0.5, 0.6) is 0 Å². The summed E-state index contributed by atoms with van der Waals surface area (Å²) >= 11 is 0. The second-order valence-corrected chi connectivity index (χ2v) is 8.01. The lowest BCUT2D eigenvalue weighted by Gasteiger charge is -2.32. The number of benzene rings is 1. The SMILES string of the molecule is CCC=NC(C)(C)Nc1cccc(B2OC(C)(C)C(C)(C)O2)c1C. The van der Waals surface area contributed by atoms with Gasteiger partial charge in [0.15, 0.2) is 0 Å². The van der Waals surface area contributed by atoms with Gasteiger partial charge in [0, 0.05) is 11.9 Å². The van der Waals surface area contributed by atoms with E-state index in [1.54, 1.807) is 0 Å². The average molecular weight is 330 g/mol. The number of nitrogens with zero attached hydrogens (tertiary/aromatic N) is 1. The van der Waals surface area contributed by atoms with Gasteiger partial charge in [0.1, 0.15) is 5.66 Å². The Morgan fingerprint density at radius 3 is 2.29 bits per heavy atom. The van der Waals surface area contributed by atoms with Crippen LogP contribution < -0.4 is 10.8 Å². The van der Waals surface area contributed by atoms with Crippen molar-refractivity contribution in [2.75, 3.05) is 5.32 Å². The largest absolute Gasteiger partial charge is 0.495 e. The fourth-order valence-electron chi connectivity index (χ4n) is 2.70. The molecular formula is C19H31BN2O2. The normalized spacial score (nSPS) is 19.9. The van der Waals surface area contributed by atoms with Gasteiger partial charge in [-0.05, 0) is 72.0 Å². The van der Waals surface area contributed by atoms with Crippen LogP contribution >= 0.6 is 0 Å². The fraction of sp³-hybridized carbons (Fsp3) is 0.632. The molecule has 0 amide bonds. The zero-order valence-corrected chi connectivity index (χ0v) is 16.4. The Bertz CT molecular complexity index is 608. The Morgan fingerprint density at radius 1 is 1.17 bits per heavy atom. The van der Waals surface area contributed by atoms with Crippen LogP contribution in [-0.2, 0) is 9.31 Å². The van der Waals surface area contributed by atoms with Crippen molar-refractivity contribution < 1.29 is 9.31 Å². The first kappa shape index (κ1) is 19.0. The Kier molecular flexibility index (Phi) is 5.17. The quantitative estimate of drug-likeness (QED) is 0.657. The lowest BCUT2D eigenvalue weighted by molar-refractivity contribution is 0.00578. The summed E-state index contributed by atoms with van der Waals surface area (Å²) in [5.41, 5.74) is 2.23. The zero-order chi connectivity index (χ0) is 18.2. The van der Waals surface area contributed by atoms with Gasteiger partial charge in [-0.1, -0.05) is 19.1 Å². The summed E-state index contributed by atoms with van der Waals surface area (Å²) in [6.45, 7) is 16.6. The van der Waals surface area contributed by atoms with E-state index in [2.05, 4.69) is 77.8 Å². The van der Waals surface area contributed by atoms with E-state index >= 15 is 0 Å². The average Bonchev–Trinajstić information content (AvgIpc) is 2.67. The van der Waals surface area contributed by atoms with Crippen LogP contribution in [0.4, 0.5) is 5.69 Å². The standard InChI is InChI=1S/C19H31BN2O2/c1-9-13-21-19(7,8)22-16-12-10-11-15(14(16)2)20-23-17(3,4)18(5,6)24-20/h10-13,22H,9H2,1-8H3. The van der Waals surface area contributed by atoms with Crippen molar-refractivity contribution in [3.05, 3.63) is 23.8 Å². The van der Waals surface area contributed by atoms with E-state index in [0.29, 0.717) is 0 Å². The molecule has 1 aliphatic rings. The van der Waals surface area contributed by atoms with Crippen LogP contribution in [0.1, 0.15) is 60.5 Å². The van der Waals surface area contributed by atoms with Crippen molar-refractivity contribution in [1.29, 1.82) is 0 Å². The number of aliphatic imine (C=N–C) groups is 1. The molecule has 1 aliphatic heterocycles. The lowest BCUT2D eigenvalue weighted by atomic mass is 9.76. The highest BCUT2D eigenvalue weighted by Gasteiger charge is 2.52. The number of rotatable bonds is 5. The van der Waals surface area contributed by atoms with Gasteiger partial charge in [-0.15, -0.1) is 0 Å². The maximum Gasteiger partial charge on any atom is 0.495 e. The van der Waals surface area contributed by atoms with E-state index in [0.717, 1.165) is 23.1 Å². The van der Waals surface area contributed by atoms with E-state index < -0.39 is 0 Å². The molecule has 0 aromatic heterocycles. The van der Waals surface area contributed by atoms with Crippen molar-refractivity contribution in [1.82, 2.24) is 0 Å². The topological polar surface area (TPSA) is 42.9 Å². The molecule has 1 aromatic rings. The predicted octanol–water partition coefficient (Wildman–Crippen LogP) is 3.92. The van der Waals surface area contributed by atoms with Crippen LogP contribution in [0.25, 0.3) is 0 Å². The Morgan fingerprint density at radius 2 is 1.75 bits per heavy atom. The molecule has 132 valence electrons. The molecule has 0 unspecified atom stereocenters. The molecule has 0 atom stereocenters. The first-order valence-corrected chi connectivity index (χ1v) is 8.76. The number of hydrogen-bond acceptors (Lipinski definition) is 4. The van der Waals surface area contributed by atoms with E-state index in [1.807, 2.05) is 12.3 Å². The van der Waals surface area contributed by atoms with Gasteiger partial charge in [0.2, 0.25) is 0 Å². The second-order valence-electron chi connectivity index (χ2n) is 8.01. The number of nitrogens with one attached hydrogen (secondary N) is 1. The Labute approximate surface area is 147 Å². The molecule has 0 aliphatic carbocycles. The van der Waals surface area contributed by atoms with Gasteiger partial charge in [0.25, 0.3) is 0 Å². The molecule has 2 rings (SSSR count). The third kappa shape index (κ3) is 3.84. The second kappa shape index (κ2) is 6.53. The van der Waals surface area contributed by atoms with Gasteiger partial charge in [-0.2, -0.15) is 0 Å². The minimum absolute atomic E-state index is 0.335. The number of hydrogen-bond donors (Lipinski definition) is 1. The summed E-state index contributed by atoms with van der Waals surface area (Å²) in [7, 11) is -0.348. The first-order chi connectivity index (χ1) is 11.0. The molecule has 1 fully saturated rings. The van der Waals surface area contributed by atoms with E-state index in [-0.39, 0.29) is 24.0 Å². The van der Waals surface area contributed by atoms with Crippen LogP contribution in [0.2, 0.25) is 0 Å². The van der Waals surface area contributed by atoms with Gasteiger partial charge in [0.05, 0.1) is 11.2 Å². The van der Waals surface area contributed by atoms with Crippen molar-refractivity contribution >= 4 is 24.5 Å². The van der Waals surface area contributed by atoms with E-state index in [4.69, 9.17) is 9.31 Å².